The zero-order valence-electron chi connectivity index (χ0n) is 9.93. The standard InChI is InChI=1S/C13H16N2O2/c1-2-14-7-9-5-10(8-14)13-6-11(15(16)17)3-4-12(9)13/h3-4,6,9-10H,2,5,7-8H2,1H3/t9-,10+/m1/s1. The second-order valence-corrected chi connectivity index (χ2v) is 5.05. The summed E-state index contributed by atoms with van der Waals surface area (Å²) in [4.78, 5) is 13.0. The minimum absolute atomic E-state index is 0.236. The Kier molecular flexibility index (Phi) is 2.40. The largest absolute Gasteiger partial charge is 0.302 e. The zero-order valence-corrected chi connectivity index (χ0v) is 9.93. The summed E-state index contributed by atoms with van der Waals surface area (Å²) in [6.45, 7) is 5.42. The number of hydrogen-bond donors (Lipinski definition) is 0. The first-order chi connectivity index (χ1) is 8.19. The number of fused-ring (bicyclic) bond motifs is 5. The van der Waals surface area contributed by atoms with E-state index < -0.39 is 0 Å². The second kappa shape index (κ2) is 3.81. The monoisotopic (exact) mass is 232 g/mol. The van der Waals surface area contributed by atoms with Gasteiger partial charge in [-0.1, -0.05) is 13.0 Å². The molecule has 2 aliphatic rings. The van der Waals surface area contributed by atoms with Crippen LogP contribution in [0, 0.1) is 10.1 Å². The lowest BCUT2D eigenvalue weighted by Crippen LogP contribution is -2.34. The Morgan fingerprint density at radius 2 is 2.06 bits per heavy atom. The van der Waals surface area contributed by atoms with Crippen LogP contribution in [0.4, 0.5) is 5.69 Å². The zero-order chi connectivity index (χ0) is 12.0. The maximum absolute atomic E-state index is 10.8. The molecule has 0 spiro atoms. The second-order valence-electron chi connectivity index (χ2n) is 5.05. The molecule has 1 aromatic carbocycles. The molecule has 0 N–H and O–H groups in total. The molecule has 0 amide bonds. The highest BCUT2D eigenvalue weighted by molar-refractivity contribution is 5.47. The third-order valence-electron chi connectivity index (χ3n) is 4.13. The third kappa shape index (κ3) is 1.63. The molecule has 1 fully saturated rings. The molecule has 4 heteroatoms. The van der Waals surface area contributed by atoms with E-state index in [4.69, 9.17) is 0 Å². The molecule has 2 atom stereocenters. The van der Waals surface area contributed by atoms with Crippen molar-refractivity contribution in [2.75, 3.05) is 19.6 Å². The van der Waals surface area contributed by atoms with Crippen LogP contribution < -0.4 is 0 Å². The maximum Gasteiger partial charge on any atom is 0.269 e. The van der Waals surface area contributed by atoms with Crippen molar-refractivity contribution in [2.24, 2.45) is 0 Å². The molecule has 90 valence electrons. The molecule has 0 saturated carbocycles. The van der Waals surface area contributed by atoms with Crippen molar-refractivity contribution in [3.8, 4) is 0 Å². The minimum atomic E-state index is -0.292. The van der Waals surface area contributed by atoms with Crippen molar-refractivity contribution in [2.45, 2.75) is 25.2 Å². The number of likely N-dealkylation sites (N-methyl/N-ethyl adjacent to an activating group) is 1. The molecule has 4 nitrogen and oxygen atoms in total. The number of piperidine rings is 1. The van der Waals surface area contributed by atoms with Gasteiger partial charge in [0, 0.05) is 25.2 Å². The molecule has 17 heavy (non-hydrogen) atoms. The fraction of sp³-hybridized carbons (Fsp3) is 0.538. The van der Waals surface area contributed by atoms with Gasteiger partial charge < -0.3 is 4.90 Å². The van der Waals surface area contributed by atoms with Crippen LogP contribution in [0.5, 0.6) is 0 Å². The van der Waals surface area contributed by atoms with Gasteiger partial charge in [-0.25, -0.2) is 0 Å². The van der Waals surface area contributed by atoms with Crippen molar-refractivity contribution in [3.05, 3.63) is 39.4 Å². The summed E-state index contributed by atoms with van der Waals surface area (Å²) in [6, 6.07) is 5.41. The van der Waals surface area contributed by atoms with Crippen LogP contribution >= 0.6 is 0 Å². The Labute approximate surface area is 100 Å². The molecule has 2 bridgehead atoms. The molecule has 1 aromatic rings. The van der Waals surface area contributed by atoms with Crippen LogP contribution in [-0.2, 0) is 0 Å². The average molecular weight is 232 g/mol. The van der Waals surface area contributed by atoms with Gasteiger partial charge in [0.1, 0.15) is 0 Å². The van der Waals surface area contributed by atoms with Crippen LogP contribution in [0.2, 0.25) is 0 Å². The van der Waals surface area contributed by atoms with Crippen molar-refractivity contribution < 1.29 is 4.92 Å². The summed E-state index contributed by atoms with van der Waals surface area (Å²) in [5.41, 5.74) is 2.80. The van der Waals surface area contributed by atoms with Gasteiger partial charge in [-0.15, -0.1) is 0 Å². The maximum atomic E-state index is 10.8. The topological polar surface area (TPSA) is 46.4 Å². The summed E-state index contributed by atoms with van der Waals surface area (Å²) in [7, 11) is 0. The first-order valence-electron chi connectivity index (χ1n) is 6.19. The van der Waals surface area contributed by atoms with Crippen molar-refractivity contribution in [1.82, 2.24) is 4.90 Å². The molecule has 1 aliphatic carbocycles. The number of hydrogen-bond acceptors (Lipinski definition) is 3. The quantitative estimate of drug-likeness (QED) is 0.581. The molecular weight excluding hydrogens is 216 g/mol. The van der Waals surface area contributed by atoms with E-state index in [1.54, 1.807) is 12.1 Å². The summed E-state index contributed by atoms with van der Waals surface area (Å²) >= 11 is 0. The van der Waals surface area contributed by atoms with E-state index in [1.807, 2.05) is 6.07 Å². The Morgan fingerprint density at radius 3 is 2.71 bits per heavy atom. The van der Waals surface area contributed by atoms with E-state index in [0.29, 0.717) is 11.8 Å². The highest BCUT2D eigenvalue weighted by atomic mass is 16.6. The number of nitrogens with zero attached hydrogens (tertiary/aromatic N) is 2. The number of benzene rings is 1. The molecular formula is C13H16N2O2. The van der Waals surface area contributed by atoms with Crippen LogP contribution in [0.1, 0.15) is 36.3 Å². The van der Waals surface area contributed by atoms with E-state index in [0.717, 1.165) is 19.6 Å². The number of nitro benzene ring substituents is 1. The molecule has 1 saturated heterocycles. The number of nitro groups is 1. The Hall–Kier alpha value is -1.42. The fourth-order valence-corrected chi connectivity index (χ4v) is 3.30. The van der Waals surface area contributed by atoms with Crippen molar-refractivity contribution in [3.63, 3.8) is 0 Å². The highest BCUT2D eigenvalue weighted by Crippen LogP contribution is 2.46. The van der Waals surface area contributed by atoms with Crippen LogP contribution in [-0.4, -0.2) is 29.5 Å². The van der Waals surface area contributed by atoms with E-state index in [-0.39, 0.29) is 10.6 Å². The first kappa shape index (κ1) is 10.7. The van der Waals surface area contributed by atoms with E-state index >= 15 is 0 Å². The lowest BCUT2D eigenvalue weighted by Gasteiger charge is -2.30. The number of likely N-dealkylation sites (tertiary alicyclic amines) is 1. The predicted octanol–water partition coefficient (Wildman–Crippen LogP) is 2.50. The Balaban J connectivity index is 1.99. The van der Waals surface area contributed by atoms with Gasteiger partial charge in [-0.3, -0.25) is 10.1 Å². The van der Waals surface area contributed by atoms with Crippen LogP contribution in [0.25, 0.3) is 0 Å². The highest BCUT2D eigenvalue weighted by Gasteiger charge is 2.37. The Bertz CT molecular complexity index is 472. The van der Waals surface area contributed by atoms with Crippen LogP contribution in [0.3, 0.4) is 0 Å². The normalized spacial score (nSPS) is 26.9. The van der Waals surface area contributed by atoms with Gasteiger partial charge in [-0.2, -0.15) is 0 Å². The molecule has 0 radical (unpaired) electrons. The molecule has 0 aromatic heterocycles. The Morgan fingerprint density at radius 1 is 1.35 bits per heavy atom. The SMILES string of the molecule is CCN1C[C@H]2C[C@@H](C1)c1cc([N+](=O)[O-])ccc12. The summed E-state index contributed by atoms with van der Waals surface area (Å²) < 4.78 is 0. The average Bonchev–Trinajstić information content (AvgIpc) is 2.61. The summed E-state index contributed by atoms with van der Waals surface area (Å²) in [6.07, 6.45) is 1.17. The third-order valence-corrected chi connectivity index (χ3v) is 4.13. The van der Waals surface area contributed by atoms with E-state index in [9.17, 15) is 10.1 Å². The first-order valence-corrected chi connectivity index (χ1v) is 6.19. The number of non-ortho nitro benzene ring substituents is 1. The van der Waals surface area contributed by atoms with E-state index in [2.05, 4.69) is 11.8 Å². The van der Waals surface area contributed by atoms with Gasteiger partial charge >= 0.3 is 0 Å². The van der Waals surface area contributed by atoms with Gasteiger partial charge in [0.05, 0.1) is 4.92 Å². The van der Waals surface area contributed by atoms with Crippen molar-refractivity contribution >= 4 is 5.69 Å². The number of rotatable bonds is 2. The smallest absolute Gasteiger partial charge is 0.269 e. The predicted molar refractivity (Wildman–Crippen MR) is 65.3 cm³/mol. The minimum Gasteiger partial charge on any atom is -0.302 e. The fourth-order valence-electron chi connectivity index (χ4n) is 3.30. The van der Waals surface area contributed by atoms with Crippen molar-refractivity contribution in [1.29, 1.82) is 0 Å². The lowest BCUT2D eigenvalue weighted by atomic mass is 9.96. The van der Waals surface area contributed by atoms with Gasteiger partial charge in [-0.05, 0) is 35.9 Å². The molecule has 1 aliphatic heterocycles. The molecule has 0 unspecified atom stereocenters. The molecule has 3 rings (SSSR count). The lowest BCUT2D eigenvalue weighted by molar-refractivity contribution is -0.384. The van der Waals surface area contributed by atoms with Crippen LogP contribution in [0.15, 0.2) is 18.2 Å². The summed E-state index contributed by atoms with van der Waals surface area (Å²) in [5, 5.41) is 10.8. The molecule has 1 heterocycles. The summed E-state index contributed by atoms with van der Waals surface area (Å²) in [5.74, 6) is 1.09. The van der Waals surface area contributed by atoms with Gasteiger partial charge in [0.2, 0.25) is 0 Å². The van der Waals surface area contributed by atoms with Gasteiger partial charge in [0.15, 0.2) is 0 Å². The van der Waals surface area contributed by atoms with Gasteiger partial charge in [0.25, 0.3) is 5.69 Å². The van der Waals surface area contributed by atoms with E-state index in [1.165, 1.54) is 17.5 Å².